The summed E-state index contributed by atoms with van der Waals surface area (Å²) < 4.78 is 30.5. The fraction of sp³-hybridized carbons (Fsp3) is 0.583. The van der Waals surface area contributed by atoms with Crippen molar-refractivity contribution in [2.45, 2.75) is 65.6 Å². The molecule has 2 N–H and O–H groups in total. The number of nitrogens with zero attached hydrogens (tertiary/aromatic N) is 8. The normalized spacial score (nSPS) is 19.9. The van der Waals surface area contributed by atoms with E-state index in [1.54, 1.807) is 11.3 Å². The maximum atomic E-state index is 12.2. The lowest BCUT2D eigenvalue weighted by molar-refractivity contribution is 0.135. The Morgan fingerprint density at radius 3 is 2.44 bits per heavy atom. The van der Waals surface area contributed by atoms with Gasteiger partial charge in [0.15, 0.2) is 0 Å². The molecule has 3 aliphatic heterocycles. The standard InChI is InChI=1S/C36H50N10O2S2/c1-6-29-20-31-33(40-35(38-4)41-34(31)49-29)44-13-10-36(11-14-44)9-12-42(24-36)23-27-7-8-32-30(26(27)3)19-28(21-37)46(32)22-25(2)43-15-17-45(18-16-43)50(47,48)39-5/h7-8,19-20,25,39H,6,9-18,22-24H2,1-5H3,(H,38,40,41)/t25-/m0/s1. The van der Waals surface area contributed by atoms with Crippen LogP contribution in [0.4, 0.5) is 11.8 Å². The highest BCUT2D eigenvalue weighted by atomic mass is 32.2. The summed E-state index contributed by atoms with van der Waals surface area (Å²) in [6.45, 7) is 14.7. The molecule has 0 unspecified atom stereocenters. The number of thiophene rings is 1. The van der Waals surface area contributed by atoms with Crippen LogP contribution >= 0.6 is 11.3 Å². The largest absolute Gasteiger partial charge is 0.357 e. The topological polar surface area (TPSA) is 126 Å². The molecule has 268 valence electrons. The highest BCUT2D eigenvalue weighted by Crippen LogP contribution is 2.43. The molecule has 3 saturated heterocycles. The molecule has 1 spiro atoms. The van der Waals surface area contributed by atoms with E-state index in [2.05, 4.69) is 80.4 Å². The van der Waals surface area contributed by atoms with E-state index < -0.39 is 10.2 Å². The Morgan fingerprint density at radius 2 is 1.76 bits per heavy atom. The summed E-state index contributed by atoms with van der Waals surface area (Å²) in [5.41, 5.74) is 4.68. The van der Waals surface area contributed by atoms with E-state index in [0.717, 1.165) is 60.7 Å². The van der Waals surface area contributed by atoms with Crippen molar-refractivity contribution in [2.75, 3.05) is 76.7 Å². The van der Waals surface area contributed by atoms with E-state index in [-0.39, 0.29) is 6.04 Å². The Bertz CT molecular complexity index is 2020. The third-order valence-electron chi connectivity index (χ3n) is 11.6. The second kappa shape index (κ2) is 14.0. The first kappa shape index (κ1) is 35.1. The maximum Gasteiger partial charge on any atom is 0.279 e. The number of piperidine rings is 1. The molecule has 0 saturated carbocycles. The summed E-state index contributed by atoms with van der Waals surface area (Å²) in [6.07, 6.45) is 4.57. The molecule has 0 amide bonds. The van der Waals surface area contributed by atoms with E-state index in [1.807, 2.05) is 7.05 Å². The van der Waals surface area contributed by atoms with Crippen LogP contribution in [-0.4, -0.2) is 110 Å². The Hall–Kier alpha value is -3.32. The smallest absolute Gasteiger partial charge is 0.279 e. The lowest BCUT2D eigenvalue weighted by atomic mass is 9.77. The molecule has 0 radical (unpaired) electrons. The number of likely N-dealkylation sites (tertiary alicyclic amines) is 1. The average Bonchev–Trinajstić information content (AvgIpc) is 3.84. The summed E-state index contributed by atoms with van der Waals surface area (Å²) >= 11 is 1.78. The summed E-state index contributed by atoms with van der Waals surface area (Å²) in [5.74, 6) is 1.77. The lowest BCUT2D eigenvalue weighted by Crippen LogP contribution is -2.54. The second-order valence-corrected chi connectivity index (χ2v) is 17.4. The van der Waals surface area contributed by atoms with Gasteiger partial charge in [-0.15, -0.1) is 11.3 Å². The Morgan fingerprint density at radius 1 is 1.02 bits per heavy atom. The van der Waals surface area contributed by atoms with Crippen molar-refractivity contribution in [1.82, 2.24) is 33.4 Å². The molecule has 0 aliphatic carbocycles. The van der Waals surface area contributed by atoms with Crippen molar-refractivity contribution < 1.29 is 8.42 Å². The van der Waals surface area contributed by atoms with Crippen LogP contribution in [0.25, 0.3) is 21.1 Å². The van der Waals surface area contributed by atoms with Gasteiger partial charge in [-0.3, -0.25) is 9.80 Å². The predicted molar refractivity (Wildman–Crippen MR) is 202 cm³/mol. The van der Waals surface area contributed by atoms with Crippen molar-refractivity contribution in [3.8, 4) is 6.07 Å². The minimum absolute atomic E-state index is 0.161. The molecule has 7 rings (SSSR count). The Labute approximate surface area is 300 Å². The highest BCUT2D eigenvalue weighted by Gasteiger charge is 2.41. The van der Waals surface area contributed by atoms with Crippen molar-refractivity contribution in [2.24, 2.45) is 5.41 Å². The summed E-state index contributed by atoms with van der Waals surface area (Å²) in [5, 5.41) is 15.6. The lowest BCUT2D eigenvalue weighted by Gasteiger charge is -2.40. The van der Waals surface area contributed by atoms with Crippen LogP contribution in [0.15, 0.2) is 24.3 Å². The molecule has 50 heavy (non-hydrogen) atoms. The van der Waals surface area contributed by atoms with Gasteiger partial charge in [0.25, 0.3) is 10.2 Å². The molecule has 3 aromatic heterocycles. The summed E-state index contributed by atoms with van der Waals surface area (Å²) in [6, 6.07) is 11.4. The van der Waals surface area contributed by atoms with Crippen molar-refractivity contribution in [3.05, 3.63) is 46.0 Å². The van der Waals surface area contributed by atoms with Gasteiger partial charge in [0, 0.05) is 94.8 Å². The number of aryl methyl sites for hydroxylation is 2. The van der Waals surface area contributed by atoms with Gasteiger partial charge in [-0.1, -0.05) is 13.0 Å². The van der Waals surface area contributed by atoms with Crippen LogP contribution in [0.3, 0.4) is 0 Å². The predicted octanol–water partition coefficient (Wildman–Crippen LogP) is 4.39. The third kappa shape index (κ3) is 6.60. The number of benzene rings is 1. The second-order valence-electron chi connectivity index (χ2n) is 14.4. The number of aromatic nitrogens is 3. The van der Waals surface area contributed by atoms with Crippen LogP contribution < -0.4 is 14.9 Å². The number of nitrogens with one attached hydrogen (secondary N) is 2. The van der Waals surface area contributed by atoms with E-state index in [9.17, 15) is 13.7 Å². The van der Waals surface area contributed by atoms with Crippen LogP contribution in [0.5, 0.6) is 0 Å². The maximum absolute atomic E-state index is 12.2. The number of hydrogen-bond donors (Lipinski definition) is 2. The molecule has 4 aromatic rings. The van der Waals surface area contributed by atoms with Gasteiger partial charge in [-0.25, -0.2) is 9.71 Å². The molecule has 3 aliphatic rings. The van der Waals surface area contributed by atoms with Crippen LogP contribution in [0.2, 0.25) is 0 Å². The quantitative estimate of drug-likeness (QED) is 0.246. The van der Waals surface area contributed by atoms with Gasteiger partial charge in [0.05, 0.1) is 5.39 Å². The number of anilines is 2. The average molecular weight is 719 g/mol. The number of rotatable bonds is 10. The Kier molecular flexibility index (Phi) is 9.83. The van der Waals surface area contributed by atoms with Crippen molar-refractivity contribution in [3.63, 3.8) is 0 Å². The zero-order chi connectivity index (χ0) is 35.2. The fourth-order valence-electron chi connectivity index (χ4n) is 8.36. The molecule has 3 fully saturated rings. The number of piperazine rings is 1. The molecule has 12 nitrogen and oxygen atoms in total. The molecule has 0 bridgehead atoms. The number of hydrogen-bond acceptors (Lipinski definition) is 10. The van der Waals surface area contributed by atoms with E-state index in [4.69, 9.17) is 9.97 Å². The first-order chi connectivity index (χ1) is 24.1. The van der Waals surface area contributed by atoms with Gasteiger partial charge in [0.2, 0.25) is 5.95 Å². The molecular weight excluding hydrogens is 669 g/mol. The van der Waals surface area contributed by atoms with Crippen LogP contribution in [-0.2, 0) is 29.7 Å². The highest BCUT2D eigenvalue weighted by molar-refractivity contribution is 7.87. The third-order valence-corrected chi connectivity index (χ3v) is 14.3. The van der Waals surface area contributed by atoms with Gasteiger partial charge in [0.1, 0.15) is 22.4 Å². The minimum atomic E-state index is -3.41. The van der Waals surface area contributed by atoms with Gasteiger partial charge in [-0.2, -0.15) is 23.0 Å². The summed E-state index contributed by atoms with van der Waals surface area (Å²) in [4.78, 5) is 19.5. The SMILES string of the molecule is CCc1cc2c(N3CCC4(CCN(Cc5ccc6c(cc(C#N)n6C[C@H](C)N6CCN(S(=O)(=O)NC)CC6)c5C)C4)CC3)nc(NC)nc2s1. The van der Waals surface area contributed by atoms with E-state index >= 15 is 0 Å². The summed E-state index contributed by atoms with van der Waals surface area (Å²) in [7, 11) is -0.0640. The van der Waals surface area contributed by atoms with Gasteiger partial charge >= 0.3 is 0 Å². The van der Waals surface area contributed by atoms with E-state index in [1.165, 1.54) is 52.0 Å². The Balaban J connectivity index is 1.01. The first-order valence-electron chi connectivity index (χ1n) is 18.0. The fourth-order valence-corrected chi connectivity index (χ4v) is 10.2. The zero-order valence-electron chi connectivity index (χ0n) is 30.0. The van der Waals surface area contributed by atoms with Crippen molar-refractivity contribution in [1.29, 1.82) is 5.26 Å². The molecular formula is C36H50N10O2S2. The molecule has 6 heterocycles. The van der Waals surface area contributed by atoms with Crippen LogP contribution in [0.1, 0.15) is 54.8 Å². The molecule has 1 aromatic carbocycles. The van der Waals surface area contributed by atoms with Gasteiger partial charge in [-0.05, 0) is 80.8 Å². The monoisotopic (exact) mass is 718 g/mol. The number of fused-ring (bicyclic) bond motifs is 2. The van der Waals surface area contributed by atoms with E-state index in [0.29, 0.717) is 49.8 Å². The molecule has 14 heteroatoms. The first-order valence-corrected chi connectivity index (χ1v) is 20.2. The van der Waals surface area contributed by atoms with Crippen molar-refractivity contribution >= 4 is 54.4 Å². The number of nitriles is 1. The zero-order valence-corrected chi connectivity index (χ0v) is 31.6. The van der Waals surface area contributed by atoms with Gasteiger partial charge < -0.3 is 14.8 Å². The minimum Gasteiger partial charge on any atom is -0.357 e. The molecule has 1 atom stereocenters. The van der Waals surface area contributed by atoms with Crippen LogP contribution in [0, 0.1) is 23.7 Å².